The van der Waals surface area contributed by atoms with Crippen LogP contribution >= 0.6 is 11.6 Å². The van der Waals surface area contributed by atoms with E-state index in [0.29, 0.717) is 18.7 Å². The number of hydrogen-bond acceptors (Lipinski definition) is 6. The Labute approximate surface area is 162 Å². The highest BCUT2D eigenvalue weighted by Gasteiger charge is 2.68. The fraction of sp³-hybridized carbons (Fsp3) is 0.529. The van der Waals surface area contributed by atoms with Gasteiger partial charge in [-0.05, 0) is 24.3 Å². The molecule has 1 aromatic rings. The van der Waals surface area contributed by atoms with Gasteiger partial charge in [0.15, 0.2) is 5.82 Å². The molecule has 2 aliphatic carbocycles. The first-order valence-electron chi connectivity index (χ1n) is 8.49. The van der Waals surface area contributed by atoms with E-state index in [4.69, 9.17) is 11.6 Å². The van der Waals surface area contributed by atoms with Crippen molar-refractivity contribution in [2.75, 3.05) is 12.1 Å². The first kappa shape index (κ1) is 19.0. The minimum atomic E-state index is -4.63. The molecule has 1 aliphatic heterocycles. The number of anilines is 1. The van der Waals surface area contributed by atoms with E-state index in [-0.39, 0.29) is 10.8 Å². The molecule has 0 unspecified atom stereocenters. The molecule has 1 N–H and O–H groups in total. The van der Waals surface area contributed by atoms with E-state index < -0.39 is 59.2 Å². The number of imide groups is 1. The van der Waals surface area contributed by atoms with Gasteiger partial charge in [0.25, 0.3) is 11.8 Å². The molecule has 11 heteroatoms. The number of hydrazine groups is 1. The normalized spacial score (nSPS) is 34.0. The number of nitriles is 1. The quantitative estimate of drug-likeness (QED) is 0.742. The predicted molar refractivity (Wildman–Crippen MR) is 88.2 cm³/mol. The van der Waals surface area contributed by atoms with Gasteiger partial charge in [-0.1, -0.05) is 11.6 Å². The lowest BCUT2D eigenvalue weighted by Gasteiger charge is -2.29. The molecule has 2 bridgehead atoms. The molecule has 7 nitrogen and oxygen atoms in total. The number of rotatable bonds is 2. The third-order valence-electron chi connectivity index (χ3n) is 6.01. The molecular formula is C17H14ClF3N4O3. The van der Waals surface area contributed by atoms with Crippen molar-refractivity contribution in [1.82, 2.24) is 9.99 Å². The van der Waals surface area contributed by atoms with Crippen molar-refractivity contribution in [3.8, 4) is 6.07 Å². The molecule has 2 heterocycles. The molecule has 28 heavy (non-hydrogen) atoms. The van der Waals surface area contributed by atoms with E-state index in [2.05, 4.69) is 4.98 Å². The molecule has 148 valence electrons. The molecule has 3 fully saturated rings. The summed E-state index contributed by atoms with van der Waals surface area (Å²) in [7, 11) is 1.30. The maximum atomic E-state index is 12.9. The summed E-state index contributed by atoms with van der Waals surface area (Å²) in [6.45, 7) is 0. The summed E-state index contributed by atoms with van der Waals surface area (Å²) in [5.41, 5.74) is -1.05. The number of amides is 2. The van der Waals surface area contributed by atoms with Crippen LogP contribution in [0.2, 0.25) is 5.02 Å². The highest BCUT2D eigenvalue weighted by Crippen LogP contribution is 2.58. The molecular weight excluding hydrogens is 401 g/mol. The zero-order valence-electron chi connectivity index (χ0n) is 14.4. The van der Waals surface area contributed by atoms with Gasteiger partial charge in [0.2, 0.25) is 0 Å². The van der Waals surface area contributed by atoms with Crippen molar-refractivity contribution in [1.29, 1.82) is 5.26 Å². The van der Waals surface area contributed by atoms with Crippen LogP contribution in [0.4, 0.5) is 19.0 Å². The van der Waals surface area contributed by atoms with E-state index in [0.717, 1.165) is 10.0 Å². The average molecular weight is 415 g/mol. The number of carbonyl (C=O) groups excluding carboxylic acids is 2. The number of aromatic nitrogens is 1. The lowest BCUT2D eigenvalue weighted by Crippen LogP contribution is -2.46. The van der Waals surface area contributed by atoms with Crippen LogP contribution in [0.3, 0.4) is 0 Å². The number of pyridine rings is 1. The summed E-state index contributed by atoms with van der Waals surface area (Å²) in [6, 6.07) is 2.68. The monoisotopic (exact) mass is 414 g/mol. The SMILES string of the molecule is CN(c1ncc(C(F)(F)F)cc1Cl)N1C(=O)[C@@H]2[C@@H]3C[C@H]([C@H](O)[C@@H]3C#N)[C@@H]2C1=O. The fourth-order valence-electron chi connectivity index (χ4n) is 4.83. The maximum absolute atomic E-state index is 12.9. The molecule has 6 atom stereocenters. The number of aliphatic hydroxyl groups excluding tert-OH is 1. The Bertz CT molecular complexity index is 918. The molecule has 0 spiro atoms. The van der Waals surface area contributed by atoms with Crippen LogP contribution in [-0.4, -0.2) is 40.1 Å². The van der Waals surface area contributed by atoms with Crippen LogP contribution < -0.4 is 5.01 Å². The number of hydrogen-bond donors (Lipinski definition) is 1. The fourth-order valence-corrected chi connectivity index (χ4v) is 5.12. The maximum Gasteiger partial charge on any atom is 0.417 e. The summed E-state index contributed by atoms with van der Waals surface area (Å²) in [6.07, 6.45) is -4.62. The molecule has 4 rings (SSSR count). The second-order valence-corrected chi connectivity index (χ2v) is 7.71. The van der Waals surface area contributed by atoms with Crippen molar-refractivity contribution in [3.05, 3.63) is 22.8 Å². The molecule has 0 aromatic carbocycles. The average Bonchev–Trinajstić information content (AvgIpc) is 3.23. The van der Waals surface area contributed by atoms with Gasteiger partial charge >= 0.3 is 6.18 Å². The Kier molecular flexibility index (Phi) is 4.10. The standard InChI is InChI=1S/C17H14ClF3N4O3/c1-24(14-10(18)2-6(5-23-14)17(19,20)21)25-15(27)11-7-3-8(12(11)16(25)28)13(26)9(7)4-22/h2,5,7-9,11-13,26H,3H2,1H3/t7-,8+,9-,11-,12+,13+/m1/s1. The highest BCUT2D eigenvalue weighted by molar-refractivity contribution is 6.33. The minimum absolute atomic E-state index is 0.180. The van der Waals surface area contributed by atoms with Crippen molar-refractivity contribution in [2.45, 2.75) is 18.7 Å². The second-order valence-electron chi connectivity index (χ2n) is 7.30. The zero-order valence-corrected chi connectivity index (χ0v) is 15.1. The van der Waals surface area contributed by atoms with Gasteiger partial charge < -0.3 is 5.11 Å². The van der Waals surface area contributed by atoms with Gasteiger partial charge in [0, 0.05) is 13.2 Å². The topological polar surface area (TPSA) is 97.5 Å². The number of carbonyl (C=O) groups is 2. The molecule has 0 radical (unpaired) electrons. The second kappa shape index (κ2) is 6.06. The van der Waals surface area contributed by atoms with Crippen LogP contribution in [0.1, 0.15) is 12.0 Å². The minimum Gasteiger partial charge on any atom is -0.391 e. The highest BCUT2D eigenvalue weighted by atomic mass is 35.5. The van der Waals surface area contributed by atoms with Gasteiger partial charge in [0.1, 0.15) is 0 Å². The van der Waals surface area contributed by atoms with Crippen LogP contribution in [0.15, 0.2) is 12.3 Å². The van der Waals surface area contributed by atoms with E-state index in [1.807, 2.05) is 6.07 Å². The van der Waals surface area contributed by atoms with Crippen LogP contribution in [0, 0.1) is 40.9 Å². The Morgan fingerprint density at radius 3 is 2.46 bits per heavy atom. The summed E-state index contributed by atoms with van der Waals surface area (Å²) < 4.78 is 38.4. The molecule has 1 aromatic heterocycles. The molecule has 2 saturated carbocycles. The van der Waals surface area contributed by atoms with Crippen molar-refractivity contribution in [3.63, 3.8) is 0 Å². The van der Waals surface area contributed by atoms with E-state index in [1.54, 1.807) is 0 Å². The predicted octanol–water partition coefficient (Wildman–Crippen LogP) is 1.86. The van der Waals surface area contributed by atoms with E-state index in [1.165, 1.54) is 7.05 Å². The smallest absolute Gasteiger partial charge is 0.391 e. The summed E-state index contributed by atoms with van der Waals surface area (Å²) in [4.78, 5) is 29.5. The number of halogens is 4. The first-order chi connectivity index (χ1) is 13.1. The van der Waals surface area contributed by atoms with E-state index >= 15 is 0 Å². The Morgan fingerprint density at radius 1 is 1.32 bits per heavy atom. The number of fused-ring (bicyclic) bond motifs is 5. The van der Waals surface area contributed by atoms with Crippen molar-refractivity contribution < 1.29 is 27.9 Å². The molecule has 3 aliphatic rings. The molecule has 2 amide bonds. The molecule has 1 saturated heterocycles. The first-order valence-corrected chi connectivity index (χ1v) is 8.87. The number of aliphatic hydroxyl groups is 1. The Hall–Kier alpha value is -2.38. The van der Waals surface area contributed by atoms with Gasteiger partial charge in [-0.25, -0.2) is 4.98 Å². The lowest BCUT2D eigenvalue weighted by molar-refractivity contribution is -0.142. The van der Waals surface area contributed by atoms with Crippen molar-refractivity contribution >= 4 is 29.2 Å². The Morgan fingerprint density at radius 2 is 1.93 bits per heavy atom. The van der Waals surface area contributed by atoms with Crippen LogP contribution in [-0.2, 0) is 15.8 Å². The van der Waals surface area contributed by atoms with Gasteiger partial charge in [-0.3, -0.25) is 14.6 Å². The van der Waals surface area contributed by atoms with Crippen molar-refractivity contribution in [2.24, 2.45) is 29.6 Å². The summed E-state index contributed by atoms with van der Waals surface area (Å²) >= 11 is 5.93. The van der Waals surface area contributed by atoms with Crippen LogP contribution in [0.25, 0.3) is 0 Å². The van der Waals surface area contributed by atoms with Gasteiger partial charge in [-0.2, -0.15) is 23.4 Å². The number of nitrogens with zero attached hydrogens (tertiary/aromatic N) is 4. The third kappa shape index (κ3) is 2.42. The van der Waals surface area contributed by atoms with Gasteiger partial charge in [0.05, 0.1) is 40.5 Å². The van der Waals surface area contributed by atoms with Crippen LogP contribution in [0.5, 0.6) is 0 Å². The number of alkyl halides is 3. The summed E-state index contributed by atoms with van der Waals surface area (Å²) in [5.74, 6) is -4.45. The summed E-state index contributed by atoms with van der Waals surface area (Å²) in [5, 5.41) is 21.0. The van der Waals surface area contributed by atoms with E-state index in [9.17, 15) is 33.1 Å². The largest absolute Gasteiger partial charge is 0.417 e. The Balaban J connectivity index is 1.65. The zero-order chi connectivity index (χ0) is 20.5. The lowest BCUT2D eigenvalue weighted by atomic mass is 9.74. The third-order valence-corrected chi connectivity index (χ3v) is 6.29. The van der Waals surface area contributed by atoms with Gasteiger partial charge in [-0.15, -0.1) is 0 Å².